The quantitative estimate of drug-likeness (QED) is 0.0746. The summed E-state index contributed by atoms with van der Waals surface area (Å²) in [5.41, 5.74) is 12.8. The van der Waals surface area contributed by atoms with E-state index in [-0.39, 0.29) is 0 Å². The molecule has 240 valence electrons. The van der Waals surface area contributed by atoms with Gasteiger partial charge in [0.2, 0.25) is 6.41 Å². The average Bonchev–Trinajstić information content (AvgIpc) is 3.71. The lowest BCUT2D eigenvalue weighted by Crippen LogP contribution is -2.25. The monoisotopic (exact) mass is 621 g/mol. The number of carbonyl (C=O) groups is 1. The van der Waals surface area contributed by atoms with E-state index in [0.29, 0.717) is 48.2 Å². The van der Waals surface area contributed by atoms with Crippen LogP contribution in [0.15, 0.2) is 55.0 Å². The van der Waals surface area contributed by atoms with Gasteiger partial charge in [-0.15, -0.1) is 0 Å². The zero-order chi connectivity index (χ0) is 33.2. The summed E-state index contributed by atoms with van der Waals surface area (Å²) in [5.74, 6) is 6.99. The predicted octanol–water partition coefficient (Wildman–Crippen LogP) is 6.27. The van der Waals surface area contributed by atoms with Crippen molar-refractivity contribution >= 4 is 30.2 Å². The molecule has 0 radical (unpaired) electrons. The number of carbonyl (C=O) groups excluding carboxylic acids is 1. The molecule has 5 N–H and O–H groups in total. The number of hydrogen-bond acceptors (Lipinski definition) is 8. The summed E-state index contributed by atoms with van der Waals surface area (Å²) in [5, 5.41) is 13.4. The average molecular weight is 622 g/mol. The van der Waals surface area contributed by atoms with Crippen LogP contribution in [0.3, 0.4) is 0 Å². The van der Waals surface area contributed by atoms with Crippen molar-refractivity contribution in [1.29, 1.82) is 5.26 Å². The molecule has 0 aromatic carbocycles. The Morgan fingerprint density at radius 1 is 1.23 bits per heavy atom. The molecule has 1 saturated carbocycles. The largest absolute Gasteiger partial charge is 0.401 e. The lowest BCUT2D eigenvalue weighted by atomic mass is 9.99. The number of rotatable bonds is 9. The lowest BCUT2D eigenvalue weighted by molar-refractivity contribution is -0.109. The molecule has 1 atom stereocenters. The number of hydrogen-bond donors (Lipinski definition) is 4. The fourth-order valence-electron chi connectivity index (χ4n) is 4.34. The van der Waals surface area contributed by atoms with Crippen LogP contribution in [0.4, 0.5) is 0 Å². The van der Waals surface area contributed by atoms with Crippen LogP contribution < -0.4 is 16.9 Å². The highest BCUT2D eigenvalue weighted by Crippen LogP contribution is 2.40. The summed E-state index contributed by atoms with van der Waals surface area (Å²) in [6, 6.07) is 8.46. The van der Waals surface area contributed by atoms with Crippen molar-refractivity contribution in [3.8, 4) is 6.07 Å². The number of thiol groups is 1. The normalized spacial score (nSPS) is 12.5. The third-order valence-corrected chi connectivity index (χ3v) is 6.68. The van der Waals surface area contributed by atoms with Crippen LogP contribution in [0, 0.1) is 11.3 Å². The zero-order valence-electron chi connectivity index (χ0n) is 27.6. The molecule has 4 aromatic heterocycles. The Labute approximate surface area is 268 Å². The Balaban J connectivity index is 0.000000382. The molecule has 1 amide bonds. The van der Waals surface area contributed by atoms with Gasteiger partial charge in [-0.2, -0.15) is 17.9 Å². The fraction of sp³-hybridized carbons (Fsp3) is 0.455. The van der Waals surface area contributed by atoms with Crippen molar-refractivity contribution < 1.29 is 4.79 Å². The van der Waals surface area contributed by atoms with Crippen LogP contribution in [-0.2, 0) is 17.9 Å². The number of nitrogens with one attached hydrogen (secondary N) is 1. The van der Waals surface area contributed by atoms with Crippen molar-refractivity contribution in [2.75, 3.05) is 6.26 Å². The fourth-order valence-corrected chi connectivity index (χ4v) is 4.34. The number of imidazole rings is 2. The molecule has 0 spiro atoms. The van der Waals surface area contributed by atoms with Gasteiger partial charge in [0.05, 0.1) is 41.9 Å². The number of aromatic nitrogens is 4. The van der Waals surface area contributed by atoms with Crippen molar-refractivity contribution in [1.82, 2.24) is 29.1 Å². The van der Waals surface area contributed by atoms with Crippen LogP contribution in [0.2, 0.25) is 0 Å². The van der Waals surface area contributed by atoms with Gasteiger partial charge in [-0.05, 0) is 73.6 Å². The molecule has 1 fully saturated rings. The Morgan fingerprint density at radius 2 is 1.91 bits per heavy atom. The summed E-state index contributed by atoms with van der Waals surface area (Å²) >= 11 is 3.53. The number of nitrogens with zero attached hydrogens (tertiary/aromatic N) is 6. The van der Waals surface area contributed by atoms with Gasteiger partial charge in [0.25, 0.3) is 0 Å². The van der Waals surface area contributed by atoms with E-state index in [9.17, 15) is 10.1 Å². The molecule has 5 rings (SSSR count). The molecule has 1 unspecified atom stereocenters. The van der Waals surface area contributed by atoms with E-state index >= 15 is 0 Å². The summed E-state index contributed by atoms with van der Waals surface area (Å²) in [4.78, 5) is 19.1. The summed E-state index contributed by atoms with van der Waals surface area (Å²) < 4.78 is 3.90. The molecule has 4 aromatic rings. The molecule has 10 nitrogen and oxygen atoms in total. The predicted molar refractivity (Wildman–Crippen MR) is 184 cm³/mol. The minimum atomic E-state index is 0.444. The minimum absolute atomic E-state index is 0.444. The molecule has 44 heavy (non-hydrogen) atoms. The Bertz CT molecular complexity index is 1490. The van der Waals surface area contributed by atoms with E-state index in [1.807, 2.05) is 55.0 Å². The van der Waals surface area contributed by atoms with Crippen LogP contribution in [0.1, 0.15) is 108 Å². The number of pyridine rings is 2. The van der Waals surface area contributed by atoms with Crippen molar-refractivity contribution in [3.63, 3.8) is 0 Å². The number of nitrogens with two attached hydrogens (primary N) is 2. The van der Waals surface area contributed by atoms with Crippen LogP contribution >= 0.6 is 12.6 Å². The second-order valence-electron chi connectivity index (χ2n) is 9.83. The Hall–Kier alpha value is -4.01. The van der Waals surface area contributed by atoms with E-state index in [2.05, 4.69) is 66.2 Å². The van der Waals surface area contributed by atoms with Gasteiger partial charge < -0.3 is 24.9 Å². The van der Waals surface area contributed by atoms with Gasteiger partial charge in [-0.1, -0.05) is 41.5 Å². The first-order valence-corrected chi connectivity index (χ1v) is 16.2. The number of fused-ring (bicyclic) bond motifs is 2. The van der Waals surface area contributed by atoms with E-state index in [1.165, 1.54) is 29.0 Å². The zero-order valence-corrected chi connectivity index (χ0v) is 28.5. The topological polar surface area (TPSA) is 143 Å². The summed E-state index contributed by atoms with van der Waals surface area (Å²) in [6.07, 6.45) is 15.4. The number of allylic oxidation sites excluding steroid dienone is 1. The summed E-state index contributed by atoms with van der Waals surface area (Å²) in [6.45, 7) is 15.1. The maximum Gasteiger partial charge on any atom is 0.207 e. The first kappa shape index (κ1) is 38.0. The maximum atomic E-state index is 10.3. The first-order valence-electron chi connectivity index (χ1n) is 15.3. The molecular formula is C33H51N9OS. The Kier molecular flexibility index (Phi) is 17.3. The highest BCUT2D eigenvalue weighted by atomic mass is 32.1. The highest BCUT2D eigenvalue weighted by Gasteiger charge is 2.25. The number of hydrazine groups is 1. The van der Waals surface area contributed by atoms with E-state index in [0.717, 1.165) is 23.3 Å². The molecule has 11 heteroatoms. The van der Waals surface area contributed by atoms with Gasteiger partial charge in [0.15, 0.2) is 5.65 Å². The first-order chi connectivity index (χ1) is 21.3. The lowest BCUT2D eigenvalue weighted by Gasteiger charge is -2.11. The second kappa shape index (κ2) is 20.0. The van der Waals surface area contributed by atoms with Gasteiger partial charge in [0, 0.05) is 30.5 Å². The molecule has 0 saturated heterocycles. The SMILES string of the molecule is C/C(N)=C/N(N)Cc1cn2cc(C3CC3)cc(C#N)c2n1.CC.CC.CCC(C)c1ccn2cnc(CNC=O)c2c1.CS. The van der Waals surface area contributed by atoms with Crippen LogP contribution in [0.5, 0.6) is 0 Å². The van der Waals surface area contributed by atoms with Gasteiger partial charge in [-0.25, -0.2) is 15.8 Å². The third kappa shape index (κ3) is 10.9. The number of nitriles is 1. The smallest absolute Gasteiger partial charge is 0.207 e. The van der Waals surface area contributed by atoms with Gasteiger partial charge in [0.1, 0.15) is 6.07 Å². The molecule has 1 aliphatic rings. The molecule has 0 bridgehead atoms. The molecule has 1 aliphatic carbocycles. The molecular weight excluding hydrogens is 570 g/mol. The second-order valence-corrected chi connectivity index (χ2v) is 9.83. The Morgan fingerprint density at radius 3 is 2.48 bits per heavy atom. The van der Waals surface area contributed by atoms with E-state index in [4.69, 9.17) is 11.6 Å². The van der Waals surface area contributed by atoms with E-state index in [1.54, 1.807) is 25.7 Å². The number of amides is 1. The summed E-state index contributed by atoms with van der Waals surface area (Å²) in [7, 11) is 0. The van der Waals surface area contributed by atoms with E-state index < -0.39 is 0 Å². The van der Waals surface area contributed by atoms with Crippen LogP contribution in [-0.4, -0.2) is 36.4 Å². The standard InChI is InChI=1S/C15H18N6.C13H17N3O.2C2H6.CH4S/c1-10(17)6-21(18)9-14-8-20-7-13(11-2-3-11)4-12(5-16)15(20)19-14;1-3-10(2)11-4-5-16-8-15-12(7-14-9-17)13(16)6-11;3*1-2/h4,6-8,11H,2-3,9,17-18H2,1H3;4-6,8-10H,3,7H2,1-2H3,(H,14,17);2*1-2H3;2H,1H3/b10-6-;;;;. The van der Waals surface area contributed by atoms with Crippen molar-refractivity contribution in [2.24, 2.45) is 11.6 Å². The van der Waals surface area contributed by atoms with Gasteiger partial charge in [-0.3, -0.25) is 4.79 Å². The highest BCUT2D eigenvalue weighted by molar-refractivity contribution is 7.79. The minimum Gasteiger partial charge on any atom is -0.401 e. The third-order valence-electron chi connectivity index (χ3n) is 6.68. The van der Waals surface area contributed by atoms with Crippen molar-refractivity contribution in [3.05, 3.63) is 83.1 Å². The molecule has 0 aliphatic heterocycles. The molecule has 4 heterocycles. The van der Waals surface area contributed by atoms with Crippen LogP contribution in [0.25, 0.3) is 11.2 Å². The van der Waals surface area contributed by atoms with Crippen molar-refractivity contribution in [2.45, 2.75) is 92.7 Å². The maximum absolute atomic E-state index is 10.3. The van der Waals surface area contributed by atoms with Gasteiger partial charge >= 0.3 is 0 Å².